The molecule has 1 saturated heterocycles. The summed E-state index contributed by atoms with van der Waals surface area (Å²) < 4.78 is 5.72. The number of nitrogens with zero attached hydrogens (tertiary/aromatic N) is 1. The smallest absolute Gasteiger partial charge is 0.119 e. The van der Waals surface area contributed by atoms with E-state index in [0.29, 0.717) is 6.04 Å². The highest BCUT2D eigenvalue weighted by Gasteiger charge is 2.29. The largest absolute Gasteiger partial charge is 0.494 e. The fraction of sp³-hybridized carbons (Fsp3) is 0.600. The zero-order valence-corrected chi connectivity index (χ0v) is 12.6. The Hall–Kier alpha value is -0.540. The Morgan fingerprint density at radius 2 is 2.11 bits per heavy atom. The quantitative estimate of drug-likeness (QED) is 0.588. The van der Waals surface area contributed by atoms with Gasteiger partial charge in [0.1, 0.15) is 5.75 Å². The minimum absolute atomic E-state index is 0.710. The van der Waals surface area contributed by atoms with Crippen LogP contribution in [-0.2, 0) is 0 Å². The summed E-state index contributed by atoms with van der Waals surface area (Å²) in [4.78, 5) is 2.59. The molecule has 0 amide bonds. The van der Waals surface area contributed by atoms with Crippen molar-refractivity contribution in [3.05, 3.63) is 30.3 Å². The molecule has 2 unspecified atom stereocenters. The van der Waals surface area contributed by atoms with Crippen LogP contribution in [0.2, 0.25) is 0 Å². The van der Waals surface area contributed by atoms with Crippen LogP contribution >= 0.6 is 15.9 Å². The van der Waals surface area contributed by atoms with Crippen molar-refractivity contribution in [1.82, 2.24) is 4.90 Å². The van der Waals surface area contributed by atoms with E-state index in [-0.39, 0.29) is 0 Å². The summed E-state index contributed by atoms with van der Waals surface area (Å²) in [6.45, 7) is 5.55. The van der Waals surface area contributed by atoms with Gasteiger partial charge in [0.25, 0.3) is 0 Å². The van der Waals surface area contributed by atoms with Crippen LogP contribution in [0.1, 0.15) is 19.8 Å². The van der Waals surface area contributed by atoms with Gasteiger partial charge in [0, 0.05) is 17.9 Å². The van der Waals surface area contributed by atoms with Gasteiger partial charge >= 0.3 is 0 Å². The van der Waals surface area contributed by atoms with E-state index in [1.54, 1.807) is 0 Å². The first-order valence-electron chi connectivity index (χ1n) is 6.79. The number of rotatable bonds is 6. The van der Waals surface area contributed by atoms with Crippen LogP contribution in [0.4, 0.5) is 0 Å². The number of halogens is 1. The third-order valence-corrected chi connectivity index (χ3v) is 4.42. The molecule has 0 radical (unpaired) electrons. The van der Waals surface area contributed by atoms with Crippen molar-refractivity contribution in [2.75, 3.05) is 25.0 Å². The van der Waals surface area contributed by atoms with Crippen LogP contribution in [0.5, 0.6) is 5.75 Å². The second-order valence-corrected chi connectivity index (χ2v) is 5.69. The van der Waals surface area contributed by atoms with E-state index < -0.39 is 0 Å². The number of ether oxygens (including phenoxy) is 1. The van der Waals surface area contributed by atoms with Crippen molar-refractivity contribution in [3.8, 4) is 5.75 Å². The molecule has 1 aromatic rings. The SMILES string of the molecule is CC1CCN(CCCOc2ccccc2)C1CBr. The lowest BCUT2D eigenvalue weighted by molar-refractivity contribution is 0.221. The summed E-state index contributed by atoms with van der Waals surface area (Å²) >= 11 is 3.63. The van der Waals surface area contributed by atoms with Crippen molar-refractivity contribution >= 4 is 15.9 Å². The van der Waals surface area contributed by atoms with Gasteiger partial charge < -0.3 is 4.74 Å². The third-order valence-electron chi connectivity index (χ3n) is 3.76. The predicted molar refractivity (Wildman–Crippen MR) is 79.5 cm³/mol. The Morgan fingerprint density at radius 3 is 2.83 bits per heavy atom. The monoisotopic (exact) mass is 311 g/mol. The molecule has 3 heteroatoms. The minimum Gasteiger partial charge on any atom is -0.494 e. The summed E-state index contributed by atoms with van der Waals surface area (Å²) in [6, 6.07) is 10.8. The summed E-state index contributed by atoms with van der Waals surface area (Å²) in [5.41, 5.74) is 0. The molecule has 1 aliphatic heterocycles. The molecule has 2 nitrogen and oxygen atoms in total. The van der Waals surface area contributed by atoms with E-state index in [0.717, 1.165) is 36.6 Å². The van der Waals surface area contributed by atoms with E-state index in [1.807, 2.05) is 30.3 Å². The number of benzene rings is 1. The molecule has 0 saturated carbocycles. The van der Waals surface area contributed by atoms with E-state index in [9.17, 15) is 0 Å². The number of hydrogen-bond acceptors (Lipinski definition) is 2. The fourth-order valence-electron chi connectivity index (χ4n) is 2.59. The average Bonchev–Trinajstić information content (AvgIpc) is 2.76. The molecule has 0 spiro atoms. The van der Waals surface area contributed by atoms with Crippen molar-refractivity contribution in [3.63, 3.8) is 0 Å². The van der Waals surface area contributed by atoms with Gasteiger partial charge in [-0.2, -0.15) is 0 Å². The summed E-state index contributed by atoms with van der Waals surface area (Å²) in [6.07, 6.45) is 2.43. The molecule has 1 fully saturated rings. The van der Waals surface area contributed by atoms with E-state index >= 15 is 0 Å². The van der Waals surface area contributed by atoms with Crippen LogP contribution in [0.15, 0.2) is 30.3 Å². The molecular weight excluding hydrogens is 290 g/mol. The second kappa shape index (κ2) is 7.15. The Kier molecular flexibility index (Phi) is 5.51. The molecule has 1 heterocycles. The van der Waals surface area contributed by atoms with Crippen LogP contribution in [0.3, 0.4) is 0 Å². The standard InChI is InChI=1S/C15H22BrNO/c1-13-8-10-17(15(13)12-16)9-5-11-18-14-6-3-2-4-7-14/h2-4,6-7,13,15H,5,8-12H2,1H3. The zero-order chi connectivity index (χ0) is 12.8. The summed E-state index contributed by atoms with van der Waals surface area (Å²) in [5, 5.41) is 1.09. The molecule has 100 valence electrons. The van der Waals surface area contributed by atoms with E-state index in [2.05, 4.69) is 27.8 Å². The third kappa shape index (κ3) is 3.72. The van der Waals surface area contributed by atoms with Crippen LogP contribution in [-0.4, -0.2) is 36.0 Å². The van der Waals surface area contributed by atoms with E-state index in [4.69, 9.17) is 4.74 Å². The Balaban J connectivity index is 1.67. The van der Waals surface area contributed by atoms with Gasteiger partial charge in [0.15, 0.2) is 0 Å². The average molecular weight is 312 g/mol. The summed E-state index contributed by atoms with van der Waals surface area (Å²) in [5.74, 6) is 1.80. The first-order chi connectivity index (χ1) is 8.81. The van der Waals surface area contributed by atoms with Gasteiger partial charge in [-0.05, 0) is 37.4 Å². The first-order valence-corrected chi connectivity index (χ1v) is 7.91. The first kappa shape index (κ1) is 13.9. The van der Waals surface area contributed by atoms with Crippen molar-refractivity contribution in [2.45, 2.75) is 25.8 Å². The molecule has 0 bridgehead atoms. The number of para-hydroxylation sites is 1. The molecule has 2 atom stereocenters. The summed E-state index contributed by atoms with van der Waals surface area (Å²) in [7, 11) is 0. The Bertz CT molecular complexity index is 344. The maximum Gasteiger partial charge on any atom is 0.119 e. The van der Waals surface area contributed by atoms with Gasteiger partial charge in [-0.3, -0.25) is 4.90 Å². The second-order valence-electron chi connectivity index (χ2n) is 5.04. The van der Waals surface area contributed by atoms with Gasteiger partial charge in [-0.1, -0.05) is 41.1 Å². The molecule has 0 N–H and O–H groups in total. The van der Waals surface area contributed by atoms with E-state index in [1.165, 1.54) is 13.0 Å². The van der Waals surface area contributed by atoms with Crippen LogP contribution in [0.25, 0.3) is 0 Å². The molecular formula is C15H22BrNO. The zero-order valence-electron chi connectivity index (χ0n) is 11.0. The van der Waals surface area contributed by atoms with Gasteiger partial charge in [0.2, 0.25) is 0 Å². The lowest BCUT2D eigenvalue weighted by atomic mass is 10.1. The lowest BCUT2D eigenvalue weighted by Crippen LogP contribution is -2.34. The normalized spacial score (nSPS) is 24.3. The molecule has 0 aromatic heterocycles. The molecule has 1 aromatic carbocycles. The number of alkyl halides is 1. The molecule has 2 rings (SSSR count). The van der Waals surface area contributed by atoms with Crippen LogP contribution < -0.4 is 4.74 Å². The predicted octanol–water partition coefficient (Wildman–Crippen LogP) is 3.56. The van der Waals surface area contributed by atoms with Crippen LogP contribution in [0, 0.1) is 5.92 Å². The van der Waals surface area contributed by atoms with Gasteiger partial charge in [-0.25, -0.2) is 0 Å². The minimum atomic E-state index is 0.710. The van der Waals surface area contributed by atoms with Gasteiger partial charge in [0.05, 0.1) is 6.61 Å². The maximum atomic E-state index is 5.72. The highest BCUT2D eigenvalue weighted by Crippen LogP contribution is 2.25. The highest BCUT2D eigenvalue weighted by atomic mass is 79.9. The number of hydrogen-bond donors (Lipinski definition) is 0. The molecule has 18 heavy (non-hydrogen) atoms. The Labute approximate surface area is 118 Å². The lowest BCUT2D eigenvalue weighted by Gasteiger charge is -2.24. The molecule has 0 aliphatic carbocycles. The highest BCUT2D eigenvalue weighted by molar-refractivity contribution is 9.09. The molecule has 1 aliphatic rings. The van der Waals surface area contributed by atoms with Crippen molar-refractivity contribution < 1.29 is 4.74 Å². The van der Waals surface area contributed by atoms with Crippen molar-refractivity contribution in [2.24, 2.45) is 5.92 Å². The topological polar surface area (TPSA) is 12.5 Å². The van der Waals surface area contributed by atoms with Gasteiger partial charge in [-0.15, -0.1) is 0 Å². The maximum absolute atomic E-state index is 5.72. The number of likely N-dealkylation sites (tertiary alicyclic amines) is 1. The fourth-order valence-corrected chi connectivity index (χ4v) is 3.64. The van der Waals surface area contributed by atoms with Crippen molar-refractivity contribution in [1.29, 1.82) is 0 Å². The Morgan fingerprint density at radius 1 is 1.33 bits per heavy atom.